The van der Waals surface area contributed by atoms with Crippen LogP contribution in [0.3, 0.4) is 0 Å². The van der Waals surface area contributed by atoms with Crippen molar-refractivity contribution in [3.8, 4) is 0 Å². The van der Waals surface area contributed by atoms with Gasteiger partial charge >= 0.3 is 0 Å². The largest absolute Gasteiger partial charge is 0.381 e. The van der Waals surface area contributed by atoms with E-state index in [2.05, 4.69) is 53.7 Å². The third-order valence-electron chi connectivity index (χ3n) is 8.18. The summed E-state index contributed by atoms with van der Waals surface area (Å²) in [7, 11) is 1.86. The first kappa shape index (κ1) is 25.6. The van der Waals surface area contributed by atoms with E-state index >= 15 is 0 Å². The van der Waals surface area contributed by atoms with Gasteiger partial charge in [-0.3, -0.25) is 4.90 Å². The minimum absolute atomic E-state index is 0. The predicted molar refractivity (Wildman–Crippen MR) is 140 cm³/mol. The summed E-state index contributed by atoms with van der Waals surface area (Å²) in [6, 6.07) is 7.43. The fraction of sp³-hybridized carbons (Fsp3) is 0.778. The molecule has 0 atom stereocenters. The lowest BCUT2D eigenvalue weighted by molar-refractivity contribution is 0.0819. The molecule has 2 heterocycles. The van der Waals surface area contributed by atoms with Crippen LogP contribution in [-0.2, 0) is 4.74 Å². The zero-order chi connectivity index (χ0) is 21.8. The molecule has 4 nitrogen and oxygen atoms in total. The van der Waals surface area contributed by atoms with Crippen molar-refractivity contribution in [1.82, 2.24) is 4.90 Å². The molecular weight excluding hydrogens is 418 g/mol. The van der Waals surface area contributed by atoms with Gasteiger partial charge in [-0.1, -0.05) is 20.8 Å². The van der Waals surface area contributed by atoms with E-state index in [1.54, 1.807) is 5.56 Å². The SMILES string of the molecule is CCCN1CCN(c2ccc(N3CCC(OC)CC3)cc2C2CCC(C)(C)CC2)CC1.Cl. The van der Waals surface area contributed by atoms with E-state index in [0.717, 1.165) is 25.9 Å². The number of benzene rings is 1. The van der Waals surface area contributed by atoms with E-state index in [1.807, 2.05) is 7.11 Å². The lowest BCUT2D eigenvalue weighted by Crippen LogP contribution is -2.47. The highest BCUT2D eigenvalue weighted by Crippen LogP contribution is 2.45. The first-order valence-corrected chi connectivity index (χ1v) is 12.9. The van der Waals surface area contributed by atoms with Crippen molar-refractivity contribution < 1.29 is 4.74 Å². The van der Waals surface area contributed by atoms with Crippen molar-refractivity contribution in [3.05, 3.63) is 23.8 Å². The summed E-state index contributed by atoms with van der Waals surface area (Å²) in [5, 5.41) is 0. The molecule has 2 aliphatic heterocycles. The number of halogens is 1. The maximum atomic E-state index is 5.60. The third-order valence-corrected chi connectivity index (χ3v) is 8.18. The zero-order valence-electron chi connectivity index (χ0n) is 20.9. The van der Waals surface area contributed by atoms with Crippen molar-refractivity contribution in [1.29, 1.82) is 0 Å². The van der Waals surface area contributed by atoms with Crippen LogP contribution in [0, 0.1) is 5.41 Å². The number of nitrogens with zero attached hydrogens (tertiary/aromatic N) is 3. The van der Waals surface area contributed by atoms with Crippen LogP contribution in [0.5, 0.6) is 0 Å². The Hall–Kier alpha value is -0.970. The summed E-state index contributed by atoms with van der Waals surface area (Å²) in [5.41, 5.74) is 5.10. The van der Waals surface area contributed by atoms with Gasteiger partial charge in [0.2, 0.25) is 0 Å². The van der Waals surface area contributed by atoms with Gasteiger partial charge in [-0.2, -0.15) is 0 Å². The van der Waals surface area contributed by atoms with Crippen molar-refractivity contribution in [2.24, 2.45) is 5.41 Å². The first-order chi connectivity index (χ1) is 15.0. The van der Waals surface area contributed by atoms with Gasteiger partial charge in [-0.25, -0.2) is 0 Å². The highest BCUT2D eigenvalue weighted by molar-refractivity contribution is 5.85. The monoisotopic (exact) mass is 463 g/mol. The van der Waals surface area contributed by atoms with Gasteiger partial charge in [0, 0.05) is 57.8 Å². The number of piperazine rings is 1. The molecule has 1 aliphatic carbocycles. The first-order valence-electron chi connectivity index (χ1n) is 12.9. The number of hydrogen-bond donors (Lipinski definition) is 0. The average Bonchev–Trinajstić information content (AvgIpc) is 2.80. The molecule has 2 saturated heterocycles. The number of methoxy groups -OCH3 is 1. The van der Waals surface area contributed by atoms with Gasteiger partial charge in [-0.15, -0.1) is 12.4 Å². The Bertz CT molecular complexity index is 699. The molecule has 5 heteroatoms. The lowest BCUT2D eigenvalue weighted by atomic mass is 9.71. The molecule has 0 aromatic heterocycles. The Labute approximate surface area is 203 Å². The molecule has 32 heavy (non-hydrogen) atoms. The zero-order valence-corrected chi connectivity index (χ0v) is 21.8. The Morgan fingerprint density at radius 3 is 2.16 bits per heavy atom. The topological polar surface area (TPSA) is 19.0 Å². The molecule has 1 aromatic carbocycles. The van der Waals surface area contributed by atoms with Crippen molar-refractivity contribution in [2.45, 2.75) is 77.7 Å². The van der Waals surface area contributed by atoms with E-state index in [1.165, 1.54) is 76.2 Å². The maximum absolute atomic E-state index is 5.60. The summed E-state index contributed by atoms with van der Waals surface area (Å²) in [6.45, 7) is 15.4. The normalized spacial score (nSPS) is 23.2. The Kier molecular flexibility index (Phi) is 9.17. The number of anilines is 2. The van der Waals surface area contributed by atoms with E-state index in [9.17, 15) is 0 Å². The highest BCUT2D eigenvalue weighted by Gasteiger charge is 2.31. The molecule has 0 N–H and O–H groups in total. The van der Waals surface area contributed by atoms with Gasteiger partial charge in [-0.05, 0) is 86.6 Å². The van der Waals surface area contributed by atoms with Gasteiger partial charge in [0.1, 0.15) is 0 Å². The maximum Gasteiger partial charge on any atom is 0.0605 e. The van der Waals surface area contributed by atoms with Crippen LogP contribution >= 0.6 is 12.4 Å². The molecule has 0 radical (unpaired) electrons. The van der Waals surface area contributed by atoms with Gasteiger partial charge in [0.05, 0.1) is 6.10 Å². The average molecular weight is 464 g/mol. The van der Waals surface area contributed by atoms with Gasteiger partial charge in [0.15, 0.2) is 0 Å². The van der Waals surface area contributed by atoms with E-state index < -0.39 is 0 Å². The summed E-state index contributed by atoms with van der Waals surface area (Å²) in [5.74, 6) is 0.716. The van der Waals surface area contributed by atoms with E-state index in [0.29, 0.717) is 17.4 Å². The smallest absolute Gasteiger partial charge is 0.0605 e. The van der Waals surface area contributed by atoms with Crippen molar-refractivity contribution in [3.63, 3.8) is 0 Å². The molecular formula is C27H46ClN3O. The predicted octanol–water partition coefficient (Wildman–Crippen LogP) is 5.94. The van der Waals surface area contributed by atoms with Crippen LogP contribution in [0.2, 0.25) is 0 Å². The molecule has 0 spiro atoms. The van der Waals surface area contributed by atoms with Crippen molar-refractivity contribution in [2.75, 3.05) is 62.7 Å². The minimum atomic E-state index is 0. The standard InChI is InChI=1S/C27H45N3O.ClH/c1-5-14-28-17-19-30(20-18-28)26-7-6-23(29-15-10-24(31-4)11-16-29)21-25(26)22-8-12-27(2,3)13-9-22;/h6-7,21-22,24H,5,8-20H2,1-4H3;1H. The van der Waals surface area contributed by atoms with E-state index in [4.69, 9.17) is 4.74 Å². The molecule has 1 saturated carbocycles. The van der Waals surface area contributed by atoms with Crippen LogP contribution < -0.4 is 9.80 Å². The minimum Gasteiger partial charge on any atom is -0.381 e. The highest BCUT2D eigenvalue weighted by atomic mass is 35.5. The number of rotatable bonds is 6. The Morgan fingerprint density at radius 2 is 1.56 bits per heavy atom. The summed E-state index contributed by atoms with van der Waals surface area (Å²) in [4.78, 5) is 7.91. The van der Waals surface area contributed by atoms with Crippen LogP contribution in [0.4, 0.5) is 11.4 Å². The molecule has 0 unspecified atom stereocenters. The van der Waals surface area contributed by atoms with Crippen molar-refractivity contribution >= 4 is 23.8 Å². The molecule has 1 aromatic rings. The second-order valence-electron chi connectivity index (χ2n) is 10.9. The van der Waals surface area contributed by atoms with Gasteiger partial charge in [0.25, 0.3) is 0 Å². The fourth-order valence-electron chi connectivity index (χ4n) is 5.94. The second kappa shape index (κ2) is 11.4. The fourth-order valence-corrected chi connectivity index (χ4v) is 5.94. The molecule has 0 bridgehead atoms. The summed E-state index contributed by atoms with van der Waals surface area (Å²) >= 11 is 0. The number of ether oxygens (including phenoxy) is 1. The van der Waals surface area contributed by atoms with Crippen LogP contribution in [0.1, 0.15) is 77.2 Å². The number of hydrogen-bond acceptors (Lipinski definition) is 4. The molecule has 182 valence electrons. The van der Waals surface area contributed by atoms with Crippen LogP contribution in [-0.4, -0.2) is 63.9 Å². The number of piperidine rings is 1. The molecule has 3 fully saturated rings. The molecule has 4 rings (SSSR count). The quantitative estimate of drug-likeness (QED) is 0.519. The Balaban J connectivity index is 0.00000289. The Morgan fingerprint density at radius 1 is 0.906 bits per heavy atom. The molecule has 0 amide bonds. The summed E-state index contributed by atoms with van der Waals surface area (Å²) in [6.07, 6.45) is 9.37. The lowest BCUT2D eigenvalue weighted by Gasteiger charge is -2.40. The third kappa shape index (κ3) is 6.12. The van der Waals surface area contributed by atoms with Crippen LogP contribution in [0.25, 0.3) is 0 Å². The van der Waals surface area contributed by atoms with Crippen LogP contribution in [0.15, 0.2) is 18.2 Å². The summed E-state index contributed by atoms with van der Waals surface area (Å²) < 4.78 is 5.60. The van der Waals surface area contributed by atoms with E-state index in [-0.39, 0.29) is 12.4 Å². The van der Waals surface area contributed by atoms with Gasteiger partial charge < -0.3 is 14.5 Å². The molecule has 3 aliphatic rings. The second-order valence-corrected chi connectivity index (χ2v) is 10.9.